The quantitative estimate of drug-likeness (QED) is 0.454. The number of fused-ring (bicyclic) bond motifs is 1. The maximum atomic E-state index is 13.3. The standard InChI is InChI=1S/C23H22N4O2S2/c1-3-26-22(29)18(31-23(26)30)13-17-20(24-12-11-16-7-5-4-6-8-16)25-19-10-9-15(2)14-27(19)21(17)28/h4-10,13-14,24H,3,11-12H2,1-2H3. The topological polar surface area (TPSA) is 66.7 Å². The van der Waals surface area contributed by atoms with Crippen LogP contribution in [0.3, 0.4) is 0 Å². The lowest BCUT2D eigenvalue weighted by Gasteiger charge is -2.12. The molecular weight excluding hydrogens is 428 g/mol. The van der Waals surface area contributed by atoms with Gasteiger partial charge in [0.1, 0.15) is 15.8 Å². The van der Waals surface area contributed by atoms with Crippen molar-refractivity contribution in [2.75, 3.05) is 18.4 Å². The Labute approximate surface area is 190 Å². The van der Waals surface area contributed by atoms with Gasteiger partial charge in [0.05, 0.1) is 10.5 Å². The maximum Gasteiger partial charge on any atom is 0.267 e. The number of thiocarbonyl (C=S) groups is 1. The third-order valence-electron chi connectivity index (χ3n) is 5.02. The van der Waals surface area contributed by atoms with E-state index in [4.69, 9.17) is 12.2 Å². The maximum absolute atomic E-state index is 13.3. The minimum absolute atomic E-state index is 0.179. The lowest BCUT2D eigenvalue weighted by molar-refractivity contribution is -0.121. The Bertz CT molecular complexity index is 1250. The third-order valence-corrected chi connectivity index (χ3v) is 6.40. The fourth-order valence-corrected chi connectivity index (χ4v) is 4.76. The number of aryl methyl sites for hydroxylation is 1. The van der Waals surface area contributed by atoms with Crippen molar-refractivity contribution in [3.8, 4) is 0 Å². The molecule has 1 amide bonds. The van der Waals surface area contributed by atoms with Gasteiger partial charge in [-0.15, -0.1) is 0 Å². The second-order valence-electron chi connectivity index (χ2n) is 7.20. The van der Waals surface area contributed by atoms with Gasteiger partial charge in [0.25, 0.3) is 11.5 Å². The van der Waals surface area contributed by atoms with E-state index in [0.717, 1.165) is 12.0 Å². The van der Waals surface area contributed by atoms with Crippen molar-refractivity contribution < 1.29 is 4.79 Å². The zero-order valence-electron chi connectivity index (χ0n) is 17.3. The summed E-state index contributed by atoms with van der Waals surface area (Å²) >= 11 is 6.52. The molecule has 0 spiro atoms. The van der Waals surface area contributed by atoms with Crippen LogP contribution in [-0.2, 0) is 11.2 Å². The summed E-state index contributed by atoms with van der Waals surface area (Å²) < 4.78 is 2.02. The number of hydrogen-bond donors (Lipinski definition) is 1. The second kappa shape index (κ2) is 9.03. The minimum Gasteiger partial charge on any atom is -0.369 e. The minimum atomic E-state index is -0.224. The number of hydrogen-bond acceptors (Lipinski definition) is 6. The number of nitrogens with one attached hydrogen (secondary N) is 1. The van der Waals surface area contributed by atoms with E-state index in [0.29, 0.717) is 39.3 Å². The van der Waals surface area contributed by atoms with Crippen LogP contribution >= 0.6 is 24.0 Å². The molecule has 0 bridgehead atoms. The summed E-state index contributed by atoms with van der Waals surface area (Å²) in [6.07, 6.45) is 4.16. The lowest BCUT2D eigenvalue weighted by atomic mass is 10.1. The van der Waals surface area contributed by atoms with Crippen LogP contribution in [0.1, 0.15) is 23.6 Å². The van der Waals surface area contributed by atoms with Crippen LogP contribution in [0.15, 0.2) is 58.4 Å². The molecular formula is C23H22N4O2S2. The van der Waals surface area contributed by atoms with Gasteiger partial charge in [0.15, 0.2) is 0 Å². The number of carbonyl (C=O) groups is 1. The highest BCUT2D eigenvalue weighted by atomic mass is 32.2. The van der Waals surface area contributed by atoms with Gasteiger partial charge in [-0.2, -0.15) is 0 Å². The molecule has 0 unspecified atom stereocenters. The fourth-order valence-electron chi connectivity index (χ4n) is 3.40. The summed E-state index contributed by atoms with van der Waals surface area (Å²) in [5.41, 5.74) is 2.82. The molecule has 31 heavy (non-hydrogen) atoms. The zero-order chi connectivity index (χ0) is 22.0. The van der Waals surface area contributed by atoms with Crippen molar-refractivity contribution >= 4 is 51.7 Å². The van der Waals surface area contributed by atoms with Crippen molar-refractivity contribution in [2.45, 2.75) is 20.3 Å². The average Bonchev–Trinajstić information content (AvgIpc) is 3.04. The molecule has 2 aromatic heterocycles. The fraction of sp³-hybridized carbons (Fsp3) is 0.217. The molecule has 8 heteroatoms. The highest BCUT2D eigenvalue weighted by Gasteiger charge is 2.31. The first-order valence-corrected chi connectivity index (χ1v) is 11.3. The molecule has 3 aromatic rings. The summed E-state index contributed by atoms with van der Waals surface area (Å²) in [6, 6.07) is 13.8. The van der Waals surface area contributed by atoms with E-state index in [-0.39, 0.29) is 11.5 Å². The summed E-state index contributed by atoms with van der Waals surface area (Å²) in [6.45, 7) is 4.90. The molecule has 6 nitrogen and oxygen atoms in total. The Kier molecular flexibility index (Phi) is 6.20. The summed E-state index contributed by atoms with van der Waals surface area (Å²) in [4.78, 5) is 32.7. The predicted molar refractivity (Wildman–Crippen MR) is 130 cm³/mol. The number of nitrogens with zero attached hydrogens (tertiary/aromatic N) is 3. The molecule has 158 valence electrons. The van der Waals surface area contributed by atoms with Gasteiger partial charge in [0.2, 0.25) is 0 Å². The lowest BCUT2D eigenvalue weighted by Crippen LogP contribution is -2.27. The van der Waals surface area contributed by atoms with E-state index in [1.54, 1.807) is 12.3 Å². The summed E-state index contributed by atoms with van der Waals surface area (Å²) in [5, 5.41) is 3.30. The molecule has 1 fully saturated rings. The highest BCUT2D eigenvalue weighted by Crippen LogP contribution is 2.32. The molecule has 0 aliphatic carbocycles. The van der Waals surface area contributed by atoms with Crippen LogP contribution in [0.25, 0.3) is 11.7 Å². The van der Waals surface area contributed by atoms with E-state index in [1.807, 2.05) is 44.2 Å². The molecule has 1 aromatic carbocycles. The molecule has 0 atom stereocenters. The molecule has 4 rings (SSSR count). The Hall–Kier alpha value is -2.97. The van der Waals surface area contributed by atoms with Crippen molar-refractivity contribution in [3.63, 3.8) is 0 Å². The van der Waals surface area contributed by atoms with E-state index >= 15 is 0 Å². The van der Waals surface area contributed by atoms with Crippen LogP contribution in [0, 0.1) is 6.92 Å². The highest BCUT2D eigenvalue weighted by molar-refractivity contribution is 8.26. The molecule has 1 N–H and O–H groups in total. The summed E-state index contributed by atoms with van der Waals surface area (Å²) in [5.74, 6) is 0.285. The molecule has 0 saturated carbocycles. The number of amides is 1. The zero-order valence-corrected chi connectivity index (χ0v) is 18.9. The van der Waals surface area contributed by atoms with Crippen LogP contribution in [0.4, 0.5) is 5.82 Å². The molecule has 3 heterocycles. The number of anilines is 1. The summed E-state index contributed by atoms with van der Waals surface area (Å²) in [7, 11) is 0. The Morgan fingerprint density at radius 2 is 1.94 bits per heavy atom. The van der Waals surface area contributed by atoms with Gasteiger partial charge in [0, 0.05) is 19.3 Å². The van der Waals surface area contributed by atoms with Gasteiger partial charge in [-0.05, 0) is 43.5 Å². The number of pyridine rings is 1. The first-order chi connectivity index (χ1) is 15.0. The molecule has 1 aliphatic rings. The molecule has 0 radical (unpaired) electrons. The molecule has 1 aliphatic heterocycles. The first kappa shape index (κ1) is 21.3. The number of aromatic nitrogens is 2. The Morgan fingerprint density at radius 3 is 2.65 bits per heavy atom. The Balaban J connectivity index is 1.74. The number of thioether (sulfide) groups is 1. The third kappa shape index (κ3) is 4.40. The van der Waals surface area contributed by atoms with Crippen molar-refractivity contribution in [2.24, 2.45) is 0 Å². The van der Waals surface area contributed by atoms with Gasteiger partial charge in [-0.1, -0.05) is 60.4 Å². The van der Waals surface area contributed by atoms with E-state index < -0.39 is 0 Å². The molecule has 1 saturated heterocycles. The SMILES string of the molecule is CCN1C(=O)C(=Cc2c(NCCc3ccccc3)nc3ccc(C)cn3c2=O)SC1=S. The Morgan fingerprint density at radius 1 is 1.16 bits per heavy atom. The predicted octanol–water partition coefficient (Wildman–Crippen LogP) is 3.88. The van der Waals surface area contributed by atoms with Gasteiger partial charge in [-0.25, -0.2) is 4.98 Å². The van der Waals surface area contributed by atoms with Gasteiger partial charge >= 0.3 is 0 Å². The van der Waals surface area contributed by atoms with E-state index in [9.17, 15) is 9.59 Å². The van der Waals surface area contributed by atoms with Crippen LogP contribution in [0.5, 0.6) is 0 Å². The monoisotopic (exact) mass is 450 g/mol. The number of rotatable bonds is 6. The van der Waals surface area contributed by atoms with Gasteiger partial charge < -0.3 is 5.32 Å². The smallest absolute Gasteiger partial charge is 0.267 e. The van der Waals surface area contributed by atoms with E-state index in [1.165, 1.54) is 26.6 Å². The number of benzene rings is 1. The average molecular weight is 451 g/mol. The van der Waals surface area contributed by atoms with Crippen LogP contribution in [0.2, 0.25) is 0 Å². The van der Waals surface area contributed by atoms with Crippen LogP contribution in [-0.4, -0.2) is 37.6 Å². The van der Waals surface area contributed by atoms with Crippen LogP contribution < -0.4 is 10.9 Å². The second-order valence-corrected chi connectivity index (χ2v) is 8.88. The largest absolute Gasteiger partial charge is 0.369 e. The van der Waals surface area contributed by atoms with Crippen molar-refractivity contribution in [3.05, 3.63) is 80.6 Å². The normalized spacial score (nSPS) is 15.3. The van der Waals surface area contributed by atoms with Crippen molar-refractivity contribution in [1.82, 2.24) is 14.3 Å². The van der Waals surface area contributed by atoms with Crippen molar-refractivity contribution in [1.29, 1.82) is 0 Å². The first-order valence-electron chi connectivity index (χ1n) is 10.0. The number of carbonyl (C=O) groups excluding carboxylic acids is 1. The number of likely N-dealkylation sites (N-methyl/N-ethyl adjacent to an activating group) is 1. The van der Waals surface area contributed by atoms with E-state index in [2.05, 4.69) is 22.4 Å². The van der Waals surface area contributed by atoms with Gasteiger partial charge in [-0.3, -0.25) is 18.9 Å².